The van der Waals surface area contributed by atoms with E-state index in [2.05, 4.69) is 34.3 Å². The van der Waals surface area contributed by atoms with Gasteiger partial charge in [-0.2, -0.15) is 10.2 Å². The minimum absolute atomic E-state index is 0.174. The number of rotatable bonds is 9. The van der Waals surface area contributed by atoms with Crippen LogP contribution in [0.15, 0.2) is 54.9 Å². The van der Waals surface area contributed by atoms with E-state index in [1.165, 1.54) is 54.7 Å². The van der Waals surface area contributed by atoms with Gasteiger partial charge in [0.1, 0.15) is 6.54 Å². The summed E-state index contributed by atoms with van der Waals surface area (Å²) in [7, 11) is 0. The largest absolute Gasteiger partial charge is 0.480 e. The average molecular weight is 445 g/mol. The van der Waals surface area contributed by atoms with Crippen LogP contribution in [0.4, 0.5) is 0 Å². The number of likely N-dealkylation sites (tertiary alicyclic amines) is 1. The second kappa shape index (κ2) is 9.54. The summed E-state index contributed by atoms with van der Waals surface area (Å²) in [6.45, 7) is 3.55. The molecule has 170 valence electrons. The number of pyridine rings is 1. The maximum atomic E-state index is 10.9. The van der Waals surface area contributed by atoms with Crippen molar-refractivity contribution >= 4 is 11.6 Å². The molecule has 0 spiro atoms. The van der Waals surface area contributed by atoms with Gasteiger partial charge >= 0.3 is 5.97 Å². The third-order valence-corrected chi connectivity index (χ3v) is 6.15. The third kappa shape index (κ3) is 5.12. The highest BCUT2D eigenvalue weighted by Gasteiger charge is 2.13. The molecule has 8 nitrogen and oxygen atoms in total. The number of hydrogen-bond acceptors (Lipinski definition) is 5. The number of hydrogen-bond donors (Lipinski definition) is 1. The molecule has 5 rings (SSSR count). The average Bonchev–Trinajstić information content (AvgIpc) is 3.55. The van der Waals surface area contributed by atoms with Crippen molar-refractivity contribution in [1.29, 1.82) is 0 Å². The highest BCUT2D eigenvalue weighted by Crippen LogP contribution is 2.20. The quantitative estimate of drug-likeness (QED) is 0.426. The summed E-state index contributed by atoms with van der Waals surface area (Å²) in [5.74, 6) is -0.175. The first-order valence-electron chi connectivity index (χ1n) is 11.5. The number of aryl methyl sites for hydroxylation is 1. The monoisotopic (exact) mass is 444 g/mol. The molecule has 0 amide bonds. The molecule has 0 unspecified atom stereocenters. The van der Waals surface area contributed by atoms with Gasteiger partial charge in [-0.15, -0.1) is 0 Å². The van der Waals surface area contributed by atoms with Crippen molar-refractivity contribution in [1.82, 2.24) is 29.3 Å². The van der Waals surface area contributed by atoms with Crippen LogP contribution in [0.5, 0.6) is 0 Å². The lowest BCUT2D eigenvalue weighted by Gasteiger charge is -2.13. The van der Waals surface area contributed by atoms with E-state index in [0.717, 1.165) is 29.1 Å². The van der Waals surface area contributed by atoms with E-state index in [9.17, 15) is 4.79 Å². The lowest BCUT2D eigenvalue weighted by atomic mass is 10.1. The first-order chi connectivity index (χ1) is 16.1. The highest BCUT2D eigenvalue weighted by atomic mass is 16.4. The third-order valence-electron chi connectivity index (χ3n) is 6.15. The van der Waals surface area contributed by atoms with Crippen LogP contribution in [0.25, 0.3) is 16.9 Å². The molecule has 1 aliphatic rings. The number of carbonyl (C=O) groups is 1. The van der Waals surface area contributed by atoms with E-state index in [1.807, 2.05) is 18.2 Å². The van der Waals surface area contributed by atoms with Gasteiger partial charge in [0.25, 0.3) is 0 Å². The molecule has 4 heterocycles. The summed E-state index contributed by atoms with van der Waals surface area (Å²) in [5.41, 5.74) is 4.95. The van der Waals surface area contributed by atoms with E-state index in [1.54, 1.807) is 16.9 Å². The second-order valence-corrected chi connectivity index (χ2v) is 8.67. The lowest BCUT2D eigenvalue weighted by molar-refractivity contribution is -0.137. The summed E-state index contributed by atoms with van der Waals surface area (Å²) in [6, 6.07) is 14.6. The SMILES string of the molecule is O=C(O)Cn1cc(-c2cccc3nc(Cc4ccc(CCCN5CCCC5)cc4)nn23)cn1. The molecule has 0 aliphatic carbocycles. The Bertz CT molecular complexity index is 1240. The van der Waals surface area contributed by atoms with Gasteiger partial charge < -0.3 is 10.0 Å². The zero-order chi connectivity index (χ0) is 22.6. The Morgan fingerprint density at radius 1 is 1.03 bits per heavy atom. The molecular formula is C25H28N6O2. The summed E-state index contributed by atoms with van der Waals surface area (Å²) < 4.78 is 3.20. The van der Waals surface area contributed by atoms with Gasteiger partial charge in [-0.05, 0) is 68.6 Å². The molecular weight excluding hydrogens is 416 g/mol. The van der Waals surface area contributed by atoms with E-state index >= 15 is 0 Å². The molecule has 33 heavy (non-hydrogen) atoms. The van der Waals surface area contributed by atoms with Crippen molar-refractivity contribution in [2.75, 3.05) is 19.6 Å². The molecule has 1 saturated heterocycles. The van der Waals surface area contributed by atoms with Gasteiger partial charge in [0.2, 0.25) is 0 Å². The molecule has 0 atom stereocenters. The van der Waals surface area contributed by atoms with E-state index in [0.29, 0.717) is 6.42 Å². The smallest absolute Gasteiger partial charge is 0.325 e. The second-order valence-electron chi connectivity index (χ2n) is 8.67. The molecule has 8 heteroatoms. The van der Waals surface area contributed by atoms with Gasteiger partial charge in [0, 0.05) is 18.2 Å². The number of aliphatic carboxylic acids is 1. The Hall–Kier alpha value is -3.52. The van der Waals surface area contributed by atoms with Crippen LogP contribution in [-0.2, 0) is 24.2 Å². The van der Waals surface area contributed by atoms with E-state index in [-0.39, 0.29) is 6.54 Å². The van der Waals surface area contributed by atoms with Gasteiger partial charge in [-0.1, -0.05) is 30.3 Å². The first-order valence-corrected chi connectivity index (χ1v) is 11.5. The number of carboxylic acid groups (broad SMARTS) is 1. The van der Waals surface area contributed by atoms with Gasteiger partial charge in [-0.3, -0.25) is 9.48 Å². The maximum absolute atomic E-state index is 10.9. The highest BCUT2D eigenvalue weighted by molar-refractivity contribution is 5.67. The summed E-state index contributed by atoms with van der Waals surface area (Å²) >= 11 is 0. The summed E-state index contributed by atoms with van der Waals surface area (Å²) in [4.78, 5) is 18.2. The van der Waals surface area contributed by atoms with E-state index < -0.39 is 5.97 Å². The Morgan fingerprint density at radius 3 is 2.61 bits per heavy atom. The zero-order valence-corrected chi connectivity index (χ0v) is 18.6. The Balaban J connectivity index is 1.26. The Morgan fingerprint density at radius 2 is 1.82 bits per heavy atom. The fourth-order valence-electron chi connectivity index (χ4n) is 4.48. The van der Waals surface area contributed by atoms with Crippen molar-refractivity contribution < 1.29 is 9.90 Å². The lowest BCUT2D eigenvalue weighted by Crippen LogP contribution is -2.20. The molecule has 1 aliphatic heterocycles. The van der Waals surface area contributed by atoms with Gasteiger partial charge in [0.05, 0.1) is 11.9 Å². The van der Waals surface area contributed by atoms with Crippen LogP contribution in [0, 0.1) is 0 Å². The maximum Gasteiger partial charge on any atom is 0.325 e. The van der Waals surface area contributed by atoms with Crippen LogP contribution in [0.2, 0.25) is 0 Å². The normalized spacial score (nSPS) is 14.3. The van der Waals surface area contributed by atoms with Gasteiger partial charge in [0.15, 0.2) is 11.5 Å². The molecule has 1 aromatic carbocycles. The van der Waals surface area contributed by atoms with E-state index in [4.69, 9.17) is 15.2 Å². The minimum Gasteiger partial charge on any atom is -0.480 e. The Kier molecular flexibility index (Phi) is 6.17. The summed E-state index contributed by atoms with van der Waals surface area (Å²) in [5, 5.41) is 17.8. The number of fused-ring (bicyclic) bond motifs is 1. The standard InChI is InChI=1S/C25H28N6O2/c32-25(33)18-30-17-21(16-26-30)22-6-3-7-24-27-23(28-31(22)24)15-20-10-8-19(9-11-20)5-4-14-29-12-1-2-13-29/h3,6-11,16-17H,1-2,4-5,12-15,18H2,(H,32,33). The van der Waals surface area contributed by atoms with Crippen LogP contribution in [0.1, 0.15) is 36.2 Å². The predicted molar refractivity (Wildman–Crippen MR) is 125 cm³/mol. The number of aromatic nitrogens is 5. The minimum atomic E-state index is -0.927. The zero-order valence-electron chi connectivity index (χ0n) is 18.6. The van der Waals surface area contributed by atoms with Crippen molar-refractivity contribution in [3.63, 3.8) is 0 Å². The predicted octanol–water partition coefficient (Wildman–Crippen LogP) is 3.30. The van der Waals surface area contributed by atoms with Crippen molar-refractivity contribution in [2.24, 2.45) is 0 Å². The topological polar surface area (TPSA) is 88.5 Å². The molecule has 0 radical (unpaired) electrons. The molecule has 1 N–H and O–H groups in total. The van der Waals surface area contributed by atoms with Crippen LogP contribution in [0.3, 0.4) is 0 Å². The molecule has 3 aromatic heterocycles. The molecule has 0 saturated carbocycles. The van der Waals surface area contributed by atoms with Crippen molar-refractivity contribution in [3.05, 3.63) is 71.8 Å². The van der Waals surface area contributed by atoms with Crippen LogP contribution < -0.4 is 0 Å². The fraction of sp³-hybridized carbons (Fsp3) is 0.360. The first kappa shape index (κ1) is 21.3. The fourth-order valence-corrected chi connectivity index (χ4v) is 4.48. The van der Waals surface area contributed by atoms with Crippen molar-refractivity contribution in [3.8, 4) is 11.3 Å². The van der Waals surface area contributed by atoms with Gasteiger partial charge in [-0.25, -0.2) is 9.50 Å². The number of nitrogens with zero attached hydrogens (tertiary/aromatic N) is 6. The van der Waals surface area contributed by atoms with Crippen molar-refractivity contribution in [2.45, 2.75) is 38.6 Å². The molecule has 0 bridgehead atoms. The molecule has 1 fully saturated rings. The summed E-state index contributed by atoms with van der Waals surface area (Å²) in [6.07, 6.45) is 9.05. The van der Waals surface area contributed by atoms with Crippen LogP contribution >= 0.6 is 0 Å². The number of benzene rings is 1. The van der Waals surface area contributed by atoms with Crippen LogP contribution in [-0.4, -0.2) is 60.0 Å². The number of carboxylic acids is 1. The molecule has 4 aromatic rings. The Labute approximate surface area is 192 Å².